The van der Waals surface area contributed by atoms with E-state index in [4.69, 9.17) is 37.9 Å². The van der Waals surface area contributed by atoms with Crippen LogP contribution in [0.25, 0.3) is 10.4 Å². The highest BCUT2D eigenvalue weighted by Gasteiger charge is 2.53. The largest absolute Gasteiger partial charge is 0.390 e. The number of hydrogen-bond donors (Lipinski definition) is 2. The quantitative estimate of drug-likeness (QED) is 0.0381. The fourth-order valence-corrected chi connectivity index (χ4v) is 7.66. The highest BCUT2D eigenvalue weighted by Crippen LogP contribution is 2.35. The molecule has 316 valence electrons. The first-order chi connectivity index (χ1) is 28.7. The number of hydrogen-bond acceptors (Lipinski definition) is 11. The Morgan fingerprint density at radius 1 is 0.576 bits per heavy atom. The molecule has 2 aliphatic rings. The van der Waals surface area contributed by atoms with Gasteiger partial charge in [-0.05, 0) is 33.8 Å². The summed E-state index contributed by atoms with van der Waals surface area (Å²) in [6.45, 7) is 8.24. The first-order valence-corrected chi connectivity index (χ1v) is 23.9. The van der Waals surface area contributed by atoms with Gasteiger partial charge < -0.3 is 48.1 Å². The second-order valence-electron chi connectivity index (χ2n) is 16.1. The van der Waals surface area contributed by atoms with Gasteiger partial charge in [0.1, 0.15) is 42.7 Å². The number of aliphatic hydroxyl groups is 2. The molecule has 2 heterocycles. The molecule has 2 aliphatic heterocycles. The average Bonchev–Trinajstić information content (AvgIpc) is 3.24. The third kappa shape index (κ3) is 13.5. The van der Waals surface area contributed by atoms with Crippen molar-refractivity contribution in [2.45, 2.75) is 113 Å². The molecule has 4 aromatic carbocycles. The lowest BCUT2D eigenvalue weighted by molar-refractivity contribution is -0.357. The Morgan fingerprint density at radius 2 is 1.03 bits per heavy atom. The summed E-state index contributed by atoms with van der Waals surface area (Å²) in [5.41, 5.74) is 13.4. The van der Waals surface area contributed by atoms with Crippen molar-refractivity contribution in [2.24, 2.45) is 5.11 Å². The van der Waals surface area contributed by atoms with Crippen molar-refractivity contribution in [3.05, 3.63) is 154 Å². The number of benzene rings is 4. The van der Waals surface area contributed by atoms with Crippen LogP contribution in [0.1, 0.15) is 22.3 Å². The molecule has 0 amide bonds. The zero-order chi connectivity index (χ0) is 41.5. The second kappa shape index (κ2) is 22.6. The maximum Gasteiger partial charge on any atom is 0.186 e. The van der Waals surface area contributed by atoms with Gasteiger partial charge in [-0.15, -0.1) is 0 Å². The van der Waals surface area contributed by atoms with Crippen LogP contribution >= 0.6 is 0 Å². The van der Waals surface area contributed by atoms with E-state index in [2.05, 4.69) is 29.7 Å². The van der Waals surface area contributed by atoms with E-state index in [0.29, 0.717) is 13.2 Å². The standard InChI is InChI=1S/C45H57N3O10Si/c1-59(2,3)25-24-53-45-43(55-29-35-22-14-7-15-23-35)42(54-28-34-20-12-6-13-21-34)41(37(57-45)31-52-27-33-18-10-5-11-19-33)58-44-38(47-48-46)40(50)39(49)36(56-44)30-51-26-32-16-8-4-9-17-32/h4-23,36-45,49-50H,24-31H2,1-3H3/t36-,37-,38-,39+,40-,41-,42+,43-,44+,45-/m1/s1. The summed E-state index contributed by atoms with van der Waals surface area (Å²) in [5.74, 6) is 0. The lowest BCUT2D eigenvalue weighted by atomic mass is 9.95. The van der Waals surface area contributed by atoms with Crippen molar-refractivity contribution in [1.82, 2.24) is 0 Å². The molecule has 6 rings (SSSR count). The first kappa shape index (κ1) is 44.6. The minimum absolute atomic E-state index is 0.0533. The van der Waals surface area contributed by atoms with Gasteiger partial charge in [-0.25, -0.2) is 0 Å². The Kier molecular flexibility index (Phi) is 17.0. The van der Waals surface area contributed by atoms with E-state index in [1.54, 1.807) is 0 Å². The number of nitrogens with zero attached hydrogens (tertiary/aromatic N) is 3. The monoisotopic (exact) mass is 827 g/mol. The highest BCUT2D eigenvalue weighted by molar-refractivity contribution is 6.76. The number of aliphatic hydroxyl groups excluding tert-OH is 2. The maximum absolute atomic E-state index is 11.4. The molecule has 2 N–H and O–H groups in total. The molecule has 0 unspecified atom stereocenters. The molecule has 0 saturated carbocycles. The molecule has 0 radical (unpaired) electrons. The van der Waals surface area contributed by atoms with Gasteiger partial charge in [-0.2, -0.15) is 0 Å². The lowest BCUT2D eigenvalue weighted by Gasteiger charge is -2.48. The van der Waals surface area contributed by atoms with Crippen LogP contribution in [-0.4, -0.2) is 99.5 Å². The SMILES string of the molecule is C[Si](C)(C)CCO[C@@H]1O[C@H](COCc2ccccc2)[C@@H](O[C@@H]2O[C@H](COCc3ccccc3)[C@H](O)[C@H](O)[C@H]2N=[N+]=[N-])[C@H](OCc2ccccc2)[C@H]1OCc1ccccc1. The molecule has 0 aliphatic carbocycles. The van der Waals surface area contributed by atoms with Crippen molar-refractivity contribution < 1.29 is 48.1 Å². The summed E-state index contributed by atoms with van der Waals surface area (Å²) in [4.78, 5) is 2.99. The molecule has 14 heteroatoms. The van der Waals surface area contributed by atoms with Crippen LogP contribution in [0.3, 0.4) is 0 Å². The van der Waals surface area contributed by atoms with E-state index in [9.17, 15) is 15.7 Å². The Hall–Kier alpha value is -3.99. The Labute approximate surface area is 347 Å². The minimum Gasteiger partial charge on any atom is -0.390 e. The fraction of sp³-hybridized carbons (Fsp3) is 0.467. The van der Waals surface area contributed by atoms with Crippen molar-refractivity contribution >= 4 is 8.07 Å². The van der Waals surface area contributed by atoms with Gasteiger partial charge in [0.25, 0.3) is 0 Å². The van der Waals surface area contributed by atoms with Crippen LogP contribution in [0, 0.1) is 0 Å². The van der Waals surface area contributed by atoms with Crippen LogP contribution < -0.4 is 0 Å². The van der Waals surface area contributed by atoms with Crippen LogP contribution in [-0.2, 0) is 64.3 Å². The molecule has 13 nitrogen and oxygen atoms in total. The van der Waals surface area contributed by atoms with E-state index in [1.807, 2.05) is 121 Å². The van der Waals surface area contributed by atoms with Gasteiger partial charge in [0.05, 0.1) is 45.7 Å². The smallest absolute Gasteiger partial charge is 0.186 e. The van der Waals surface area contributed by atoms with Gasteiger partial charge in [0, 0.05) is 19.6 Å². The van der Waals surface area contributed by atoms with Crippen LogP contribution in [0.15, 0.2) is 126 Å². The molecule has 0 spiro atoms. The summed E-state index contributed by atoms with van der Waals surface area (Å²) < 4.78 is 52.4. The topological polar surface area (TPSA) is 163 Å². The molecule has 2 fully saturated rings. The summed E-state index contributed by atoms with van der Waals surface area (Å²) in [6.07, 6.45) is -9.74. The van der Waals surface area contributed by atoms with Gasteiger partial charge in [-0.1, -0.05) is 146 Å². The number of azide groups is 1. The van der Waals surface area contributed by atoms with Gasteiger partial charge in [-0.3, -0.25) is 0 Å². The molecule has 0 aromatic heterocycles. The zero-order valence-electron chi connectivity index (χ0n) is 34.0. The van der Waals surface area contributed by atoms with Crippen LogP contribution in [0.5, 0.6) is 0 Å². The van der Waals surface area contributed by atoms with E-state index >= 15 is 0 Å². The zero-order valence-corrected chi connectivity index (χ0v) is 35.0. The minimum atomic E-state index is -1.54. The van der Waals surface area contributed by atoms with Crippen molar-refractivity contribution in [1.29, 1.82) is 0 Å². The molecular formula is C45H57N3O10Si. The summed E-state index contributed by atoms with van der Waals surface area (Å²) >= 11 is 0. The number of ether oxygens (including phenoxy) is 8. The maximum atomic E-state index is 11.4. The first-order valence-electron chi connectivity index (χ1n) is 20.2. The van der Waals surface area contributed by atoms with Crippen LogP contribution in [0.2, 0.25) is 25.7 Å². The van der Waals surface area contributed by atoms with Gasteiger partial charge in [0.15, 0.2) is 12.6 Å². The van der Waals surface area contributed by atoms with Crippen molar-refractivity contribution in [3.63, 3.8) is 0 Å². The second-order valence-corrected chi connectivity index (χ2v) is 21.7. The van der Waals surface area contributed by atoms with E-state index in [1.165, 1.54) is 0 Å². The fourth-order valence-electron chi connectivity index (χ4n) is 6.93. The molecular weight excluding hydrogens is 771 g/mol. The Bertz CT molecular complexity index is 1840. The molecule has 2 saturated heterocycles. The van der Waals surface area contributed by atoms with Gasteiger partial charge >= 0.3 is 0 Å². The third-order valence-corrected chi connectivity index (χ3v) is 11.9. The summed E-state index contributed by atoms with van der Waals surface area (Å²) in [5, 5.41) is 26.5. The molecule has 10 atom stereocenters. The predicted molar refractivity (Wildman–Crippen MR) is 223 cm³/mol. The highest BCUT2D eigenvalue weighted by atomic mass is 28.3. The van der Waals surface area contributed by atoms with Crippen molar-refractivity contribution in [3.8, 4) is 0 Å². The predicted octanol–water partition coefficient (Wildman–Crippen LogP) is 7.18. The van der Waals surface area contributed by atoms with Crippen LogP contribution in [0.4, 0.5) is 0 Å². The van der Waals surface area contributed by atoms with E-state index in [-0.39, 0.29) is 33.0 Å². The lowest BCUT2D eigenvalue weighted by Crippen LogP contribution is -2.65. The molecule has 59 heavy (non-hydrogen) atoms. The summed E-state index contributed by atoms with van der Waals surface area (Å²) in [6, 6.07) is 38.5. The number of rotatable bonds is 21. The van der Waals surface area contributed by atoms with E-state index < -0.39 is 69.4 Å². The Balaban J connectivity index is 1.33. The molecule has 4 aromatic rings. The summed E-state index contributed by atoms with van der Waals surface area (Å²) in [7, 11) is -1.51. The average molecular weight is 828 g/mol. The molecule has 0 bridgehead atoms. The normalized spacial score (nSPS) is 27.2. The Morgan fingerprint density at radius 3 is 1.53 bits per heavy atom. The van der Waals surface area contributed by atoms with E-state index in [0.717, 1.165) is 28.3 Å². The van der Waals surface area contributed by atoms with Gasteiger partial charge in [0.2, 0.25) is 0 Å². The van der Waals surface area contributed by atoms with Crippen molar-refractivity contribution in [2.75, 3.05) is 19.8 Å². The third-order valence-electron chi connectivity index (χ3n) is 10.2.